The molecule has 126 valence electrons. The largest absolute Gasteiger partial charge is 0.375 e. The maximum absolute atomic E-state index is 12.0. The van der Waals surface area contributed by atoms with Crippen LogP contribution in [0.25, 0.3) is 0 Å². The minimum Gasteiger partial charge on any atom is -0.375 e. The van der Waals surface area contributed by atoms with Gasteiger partial charge >= 0.3 is 5.69 Å². The first-order valence-corrected chi connectivity index (χ1v) is 7.45. The topological polar surface area (TPSA) is 82.5 Å². The van der Waals surface area contributed by atoms with Crippen LogP contribution >= 0.6 is 0 Å². The molecule has 1 aromatic heterocycles. The van der Waals surface area contributed by atoms with Gasteiger partial charge in [-0.1, -0.05) is 12.2 Å². The van der Waals surface area contributed by atoms with Gasteiger partial charge in [0.25, 0.3) is 5.56 Å². The van der Waals surface area contributed by atoms with Crippen LogP contribution in [0.2, 0.25) is 0 Å². The molecule has 1 saturated heterocycles. The Labute approximate surface area is 134 Å². The number of aromatic nitrogens is 2. The number of aryl methyl sites for hydroxylation is 1. The van der Waals surface area contributed by atoms with Crippen molar-refractivity contribution >= 4 is 0 Å². The van der Waals surface area contributed by atoms with Crippen molar-refractivity contribution in [2.75, 3.05) is 19.8 Å². The molecule has 7 heteroatoms. The van der Waals surface area contributed by atoms with Crippen LogP contribution in [0.4, 0.5) is 0 Å². The summed E-state index contributed by atoms with van der Waals surface area (Å²) in [6, 6.07) is 0. The first kappa shape index (κ1) is 17.4. The summed E-state index contributed by atoms with van der Waals surface area (Å²) >= 11 is 0. The van der Waals surface area contributed by atoms with E-state index < -0.39 is 17.5 Å². The fraction of sp³-hybridized carbons (Fsp3) is 0.500. The molecule has 0 aliphatic carbocycles. The normalized spacial score (nSPS) is 23.8. The first-order chi connectivity index (χ1) is 11.1. The van der Waals surface area contributed by atoms with Crippen molar-refractivity contribution in [3.05, 3.63) is 57.9 Å². The molecule has 7 nitrogen and oxygen atoms in total. The molecule has 0 unspecified atom stereocenters. The maximum atomic E-state index is 12.0. The summed E-state index contributed by atoms with van der Waals surface area (Å²) < 4.78 is 18.4. The zero-order valence-corrected chi connectivity index (χ0v) is 13.2. The van der Waals surface area contributed by atoms with Crippen molar-refractivity contribution in [3.63, 3.8) is 0 Å². The fourth-order valence-electron chi connectivity index (χ4n) is 2.46. The molecule has 3 atom stereocenters. The SMILES string of the molecule is C=CCOC[C@H]1O[C@@H](n2cc(C)c(=O)[nH]c2=O)C[C@@H]1OCC=C. The van der Waals surface area contributed by atoms with Gasteiger partial charge in [-0.05, 0) is 6.92 Å². The Bertz CT molecular complexity index is 663. The second kappa shape index (κ2) is 8.05. The fourth-order valence-corrected chi connectivity index (χ4v) is 2.46. The third-order valence-corrected chi connectivity index (χ3v) is 3.58. The Morgan fingerprint density at radius 1 is 1.39 bits per heavy atom. The number of H-pyrrole nitrogens is 1. The number of nitrogens with one attached hydrogen (secondary N) is 1. The predicted molar refractivity (Wildman–Crippen MR) is 85.5 cm³/mol. The Kier molecular flexibility index (Phi) is 6.09. The van der Waals surface area contributed by atoms with E-state index in [1.165, 1.54) is 10.8 Å². The molecule has 0 spiro atoms. The summed E-state index contributed by atoms with van der Waals surface area (Å²) in [6.07, 6.45) is 4.27. The zero-order valence-electron chi connectivity index (χ0n) is 13.2. The van der Waals surface area contributed by atoms with Gasteiger partial charge in [-0.15, -0.1) is 13.2 Å². The Morgan fingerprint density at radius 2 is 2.13 bits per heavy atom. The predicted octanol–water partition coefficient (Wildman–Crippen LogP) is 0.906. The smallest absolute Gasteiger partial charge is 0.330 e. The van der Waals surface area contributed by atoms with Gasteiger partial charge in [0.05, 0.1) is 25.9 Å². The minimum atomic E-state index is -0.509. The van der Waals surface area contributed by atoms with Gasteiger partial charge in [-0.3, -0.25) is 14.3 Å². The van der Waals surface area contributed by atoms with E-state index in [0.29, 0.717) is 31.8 Å². The van der Waals surface area contributed by atoms with Crippen molar-refractivity contribution in [2.24, 2.45) is 0 Å². The maximum Gasteiger partial charge on any atom is 0.330 e. The molecule has 0 saturated carbocycles. The lowest BCUT2D eigenvalue weighted by Gasteiger charge is -2.18. The molecule has 1 N–H and O–H groups in total. The number of hydrogen-bond donors (Lipinski definition) is 1. The molecule has 23 heavy (non-hydrogen) atoms. The van der Waals surface area contributed by atoms with Crippen molar-refractivity contribution in [3.8, 4) is 0 Å². The van der Waals surface area contributed by atoms with Crippen LogP contribution in [0.15, 0.2) is 41.1 Å². The van der Waals surface area contributed by atoms with Gasteiger partial charge in [0.15, 0.2) is 0 Å². The monoisotopic (exact) mass is 322 g/mol. The van der Waals surface area contributed by atoms with Gasteiger partial charge in [-0.2, -0.15) is 0 Å². The summed E-state index contributed by atoms with van der Waals surface area (Å²) in [5.74, 6) is 0. The average Bonchev–Trinajstić information content (AvgIpc) is 2.92. The third-order valence-electron chi connectivity index (χ3n) is 3.58. The van der Waals surface area contributed by atoms with Crippen LogP contribution in [0, 0.1) is 6.92 Å². The van der Waals surface area contributed by atoms with Crippen LogP contribution in [0.3, 0.4) is 0 Å². The minimum absolute atomic E-state index is 0.220. The number of rotatable bonds is 8. The van der Waals surface area contributed by atoms with E-state index >= 15 is 0 Å². The molecule has 0 aromatic carbocycles. The Hall–Kier alpha value is -1.96. The summed E-state index contributed by atoms with van der Waals surface area (Å²) in [5, 5.41) is 0. The first-order valence-electron chi connectivity index (χ1n) is 7.45. The van der Waals surface area contributed by atoms with E-state index in [-0.39, 0.29) is 12.2 Å². The molecule has 0 bridgehead atoms. The van der Waals surface area contributed by atoms with E-state index in [4.69, 9.17) is 14.2 Å². The van der Waals surface area contributed by atoms with Crippen LogP contribution in [-0.2, 0) is 14.2 Å². The van der Waals surface area contributed by atoms with E-state index in [1.54, 1.807) is 19.1 Å². The van der Waals surface area contributed by atoms with Crippen molar-refractivity contribution in [2.45, 2.75) is 31.8 Å². The van der Waals surface area contributed by atoms with Gasteiger partial charge in [0, 0.05) is 18.2 Å². The lowest BCUT2D eigenvalue weighted by atomic mass is 10.2. The van der Waals surface area contributed by atoms with Gasteiger partial charge in [-0.25, -0.2) is 4.79 Å². The molecule has 1 aromatic rings. The lowest BCUT2D eigenvalue weighted by molar-refractivity contribution is -0.0705. The Morgan fingerprint density at radius 3 is 2.83 bits per heavy atom. The molecular formula is C16H22N2O5. The molecule has 1 aliphatic heterocycles. The standard InChI is InChI=1S/C16H22N2O5/c1-4-6-21-10-13-12(22-7-5-2)8-14(23-13)18-9-11(3)15(19)17-16(18)20/h4-5,9,12-14H,1-2,6-8,10H2,3H3,(H,17,19,20)/t12-,13+,14+/m0/s1. The van der Waals surface area contributed by atoms with Crippen molar-refractivity contribution < 1.29 is 14.2 Å². The molecule has 0 radical (unpaired) electrons. The van der Waals surface area contributed by atoms with Crippen molar-refractivity contribution in [1.82, 2.24) is 9.55 Å². The van der Waals surface area contributed by atoms with E-state index in [1.807, 2.05) is 0 Å². The average molecular weight is 322 g/mol. The highest BCUT2D eigenvalue weighted by Crippen LogP contribution is 2.30. The molecule has 1 fully saturated rings. The second-order valence-corrected chi connectivity index (χ2v) is 5.33. The summed E-state index contributed by atoms with van der Waals surface area (Å²) in [4.78, 5) is 25.7. The molecule has 2 rings (SSSR count). The molecular weight excluding hydrogens is 300 g/mol. The van der Waals surface area contributed by atoms with Gasteiger partial charge < -0.3 is 14.2 Å². The zero-order chi connectivity index (χ0) is 16.8. The number of aromatic amines is 1. The summed E-state index contributed by atoms with van der Waals surface area (Å²) in [7, 11) is 0. The van der Waals surface area contributed by atoms with Crippen LogP contribution in [0.5, 0.6) is 0 Å². The summed E-state index contributed by atoms with van der Waals surface area (Å²) in [6.45, 7) is 10.00. The highest BCUT2D eigenvalue weighted by Gasteiger charge is 2.37. The number of nitrogens with zero attached hydrogens (tertiary/aromatic N) is 1. The van der Waals surface area contributed by atoms with Crippen LogP contribution in [-0.4, -0.2) is 41.6 Å². The van der Waals surface area contributed by atoms with E-state index in [9.17, 15) is 9.59 Å². The quantitative estimate of drug-likeness (QED) is 0.568. The van der Waals surface area contributed by atoms with Gasteiger partial charge in [0.2, 0.25) is 0 Å². The highest BCUT2D eigenvalue weighted by atomic mass is 16.6. The van der Waals surface area contributed by atoms with Crippen LogP contribution in [0.1, 0.15) is 18.2 Å². The van der Waals surface area contributed by atoms with Crippen molar-refractivity contribution in [1.29, 1.82) is 0 Å². The van der Waals surface area contributed by atoms with Gasteiger partial charge in [0.1, 0.15) is 12.3 Å². The Balaban J connectivity index is 2.16. The second-order valence-electron chi connectivity index (χ2n) is 5.33. The van der Waals surface area contributed by atoms with E-state index in [0.717, 1.165) is 0 Å². The highest BCUT2D eigenvalue weighted by molar-refractivity contribution is 5.02. The van der Waals surface area contributed by atoms with E-state index in [2.05, 4.69) is 18.1 Å². The molecule has 1 aliphatic rings. The summed E-state index contributed by atoms with van der Waals surface area (Å²) in [5.41, 5.74) is -0.446. The molecule has 0 amide bonds. The number of ether oxygens (including phenoxy) is 3. The third kappa shape index (κ3) is 4.28. The molecule has 2 heterocycles. The lowest BCUT2D eigenvalue weighted by Crippen LogP contribution is -2.33. The number of hydrogen-bond acceptors (Lipinski definition) is 5. The van der Waals surface area contributed by atoms with Crippen LogP contribution < -0.4 is 11.2 Å².